The number of hydrogen-bond donors (Lipinski definition) is 1. The van der Waals surface area contributed by atoms with Gasteiger partial charge in [0.1, 0.15) is 0 Å². The Morgan fingerprint density at radius 1 is 1.47 bits per heavy atom. The largest absolute Gasteiger partial charge is 0.350 e. The van der Waals surface area contributed by atoms with Gasteiger partial charge in [-0.3, -0.25) is 4.79 Å². The Hall–Kier alpha value is -1.32. The summed E-state index contributed by atoms with van der Waals surface area (Å²) in [7, 11) is 3.70. The molecule has 1 aromatic carbocycles. The first-order valence-electron chi connectivity index (χ1n) is 5.50. The van der Waals surface area contributed by atoms with E-state index >= 15 is 0 Å². The third-order valence-corrected chi connectivity index (χ3v) is 3.28. The van der Waals surface area contributed by atoms with Gasteiger partial charge in [-0.25, -0.2) is 0 Å². The molecule has 4 heteroatoms. The average molecular weight is 251 g/mol. The summed E-state index contributed by atoms with van der Waals surface area (Å²) >= 11 is 5.96. The van der Waals surface area contributed by atoms with Crippen molar-refractivity contribution in [1.29, 1.82) is 0 Å². The Morgan fingerprint density at radius 2 is 2.18 bits per heavy atom. The number of fused-ring (bicyclic) bond motifs is 1. The lowest BCUT2D eigenvalue weighted by Gasteiger charge is -2.07. The molecule has 0 radical (unpaired) electrons. The van der Waals surface area contributed by atoms with Gasteiger partial charge >= 0.3 is 0 Å². The van der Waals surface area contributed by atoms with Crippen molar-refractivity contribution in [3.05, 3.63) is 35.0 Å². The summed E-state index contributed by atoms with van der Waals surface area (Å²) in [6, 6.07) is 5.40. The Labute approximate surface area is 105 Å². The molecule has 0 spiro atoms. The van der Waals surface area contributed by atoms with Crippen LogP contribution in [-0.4, -0.2) is 23.4 Å². The molecule has 90 valence electrons. The molecule has 0 fully saturated rings. The van der Waals surface area contributed by atoms with Gasteiger partial charge in [0.05, 0.1) is 6.04 Å². The highest BCUT2D eigenvalue weighted by atomic mass is 35.5. The Morgan fingerprint density at radius 3 is 2.82 bits per heavy atom. The zero-order chi connectivity index (χ0) is 12.6. The van der Waals surface area contributed by atoms with Crippen LogP contribution in [0.15, 0.2) is 24.4 Å². The molecular formula is C13H15ClN2O. The number of aromatic nitrogens is 1. The third-order valence-electron chi connectivity index (χ3n) is 3.04. The minimum absolute atomic E-state index is 0.0976. The molecule has 0 aliphatic carbocycles. The van der Waals surface area contributed by atoms with Crippen LogP contribution in [-0.2, 0) is 7.05 Å². The number of nitrogens with zero attached hydrogens (tertiary/aromatic N) is 1. The van der Waals surface area contributed by atoms with Crippen molar-refractivity contribution in [3.63, 3.8) is 0 Å². The van der Waals surface area contributed by atoms with Gasteiger partial charge in [-0.05, 0) is 26.1 Å². The average Bonchev–Trinajstić information content (AvgIpc) is 2.64. The number of aryl methyl sites for hydroxylation is 1. The number of Topliss-reactive ketones (excluding diaryl/α,β-unsaturated/α-hetero) is 1. The van der Waals surface area contributed by atoms with Crippen molar-refractivity contribution in [1.82, 2.24) is 9.88 Å². The zero-order valence-electron chi connectivity index (χ0n) is 10.1. The topological polar surface area (TPSA) is 34.0 Å². The molecule has 2 rings (SSSR count). The van der Waals surface area contributed by atoms with Gasteiger partial charge in [-0.15, -0.1) is 0 Å². The van der Waals surface area contributed by atoms with Crippen LogP contribution in [0.4, 0.5) is 0 Å². The standard InChI is InChI=1S/C13H15ClN2O/c1-8(15-2)13(17)11-7-16(3)12-6-9(14)4-5-10(11)12/h4-8,15H,1-3H3. The van der Waals surface area contributed by atoms with E-state index in [0.717, 1.165) is 16.5 Å². The van der Waals surface area contributed by atoms with E-state index in [1.54, 1.807) is 7.05 Å². The first-order valence-corrected chi connectivity index (χ1v) is 5.88. The predicted molar refractivity (Wildman–Crippen MR) is 70.8 cm³/mol. The Balaban J connectivity index is 2.60. The summed E-state index contributed by atoms with van der Waals surface area (Å²) in [5.74, 6) is 0.0976. The minimum atomic E-state index is -0.184. The number of likely N-dealkylation sites (N-methyl/N-ethyl adjacent to an activating group) is 1. The van der Waals surface area contributed by atoms with Gasteiger partial charge in [0.15, 0.2) is 5.78 Å². The van der Waals surface area contributed by atoms with Gasteiger partial charge < -0.3 is 9.88 Å². The molecule has 17 heavy (non-hydrogen) atoms. The van der Waals surface area contributed by atoms with E-state index in [1.807, 2.05) is 42.9 Å². The first kappa shape index (κ1) is 12.1. The molecule has 1 atom stereocenters. The molecule has 0 saturated carbocycles. The van der Waals surface area contributed by atoms with Crippen molar-refractivity contribution >= 4 is 28.3 Å². The lowest BCUT2D eigenvalue weighted by Crippen LogP contribution is -2.30. The minimum Gasteiger partial charge on any atom is -0.350 e. The zero-order valence-corrected chi connectivity index (χ0v) is 10.9. The molecule has 3 nitrogen and oxygen atoms in total. The fraction of sp³-hybridized carbons (Fsp3) is 0.308. The van der Waals surface area contributed by atoms with Gasteiger partial charge in [-0.1, -0.05) is 17.7 Å². The van der Waals surface area contributed by atoms with Crippen molar-refractivity contribution in [3.8, 4) is 0 Å². The van der Waals surface area contributed by atoms with Crippen molar-refractivity contribution in [2.75, 3.05) is 7.05 Å². The number of nitrogens with one attached hydrogen (secondary N) is 1. The highest BCUT2D eigenvalue weighted by molar-refractivity contribution is 6.31. The number of rotatable bonds is 3. The fourth-order valence-corrected chi connectivity index (χ4v) is 2.08. The number of carbonyl (C=O) groups is 1. The first-order chi connectivity index (χ1) is 8.04. The van der Waals surface area contributed by atoms with Crippen LogP contribution in [0.1, 0.15) is 17.3 Å². The van der Waals surface area contributed by atoms with Gasteiger partial charge in [0.25, 0.3) is 0 Å². The summed E-state index contributed by atoms with van der Waals surface area (Å²) in [6.45, 7) is 1.86. The fourth-order valence-electron chi connectivity index (χ4n) is 1.92. The summed E-state index contributed by atoms with van der Waals surface area (Å²) in [5, 5.41) is 4.59. The van der Waals surface area contributed by atoms with Crippen LogP contribution < -0.4 is 5.32 Å². The number of carbonyl (C=O) groups excluding carboxylic acids is 1. The molecule has 0 aliphatic heterocycles. The molecule has 1 aromatic heterocycles. The van der Waals surface area contributed by atoms with Crippen molar-refractivity contribution < 1.29 is 4.79 Å². The maximum absolute atomic E-state index is 12.2. The second-order valence-corrected chi connectivity index (χ2v) is 4.63. The predicted octanol–water partition coefficient (Wildman–Crippen LogP) is 2.62. The van der Waals surface area contributed by atoms with Crippen molar-refractivity contribution in [2.24, 2.45) is 7.05 Å². The molecule has 1 heterocycles. The number of ketones is 1. The van der Waals surface area contributed by atoms with Crippen LogP contribution in [0.2, 0.25) is 5.02 Å². The number of halogens is 1. The third kappa shape index (κ3) is 2.08. The van der Waals surface area contributed by atoms with Gasteiger partial charge in [0, 0.05) is 34.7 Å². The van der Waals surface area contributed by atoms with E-state index in [1.165, 1.54) is 0 Å². The summed E-state index contributed by atoms with van der Waals surface area (Å²) in [4.78, 5) is 12.2. The van der Waals surface area contributed by atoms with E-state index in [0.29, 0.717) is 5.02 Å². The lowest BCUT2D eigenvalue weighted by atomic mass is 10.0. The maximum Gasteiger partial charge on any atom is 0.181 e. The van der Waals surface area contributed by atoms with E-state index in [9.17, 15) is 4.79 Å². The smallest absolute Gasteiger partial charge is 0.181 e. The monoisotopic (exact) mass is 250 g/mol. The van der Waals surface area contributed by atoms with Gasteiger partial charge in [-0.2, -0.15) is 0 Å². The van der Waals surface area contributed by atoms with Crippen LogP contribution in [0.5, 0.6) is 0 Å². The quantitative estimate of drug-likeness (QED) is 0.850. The van der Waals surface area contributed by atoms with Crippen LogP contribution in [0.3, 0.4) is 0 Å². The molecule has 2 aromatic rings. The van der Waals surface area contributed by atoms with Gasteiger partial charge in [0.2, 0.25) is 0 Å². The Kier molecular flexibility index (Phi) is 3.22. The summed E-state index contributed by atoms with van der Waals surface area (Å²) < 4.78 is 1.93. The van der Waals surface area contributed by atoms with E-state index in [2.05, 4.69) is 5.32 Å². The van der Waals surface area contributed by atoms with Crippen LogP contribution >= 0.6 is 11.6 Å². The highest BCUT2D eigenvalue weighted by Gasteiger charge is 2.18. The normalized spacial score (nSPS) is 12.9. The van der Waals surface area contributed by atoms with Crippen LogP contribution in [0, 0.1) is 0 Å². The van der Waals surface area contributed by atoms with E-state index in [-0.39, 0.29) is 11.8 Å². The molecule has 0 bridgehead atoms. The van der Waals surface area contributed by atoms with E-state index in [4.69, 9.17) is 11.6 Å². The molecular weight excluding hydrogens is 236 g/mol. The van der Waals surface area contributed by atoms with Crippen LogP contribution in [0.25, 0.3) is 10.9 Å². The SMILES string of the molecule is CNC(C)C(=O)c1cn(C)c2cc(Cl)ccc12. The highest BCUT2D eigenvalue weighted by Crippen LogP contribution is 2.24. The molecule has 0 aliphatic rings. The molecule has 0 saturated heterocycles. The summed E-state index contributed by atoms with van der Waals surface area (Å²) in [6.07, 6.45) is 1.86. The Bertz CT molecular complexity index is 574. The number of benzene rings is 1. The second kappa shape index (κ2) is 4.51. The maximum atomic E-state index is 12.2. The second-order valence-electron chi connectivity index (χ2n) is 4.19. The molecule has 1 N–H and O–H groups in total. The van der Waals surface area contributed by atoms with Crippen molar-refractivity contribution in [2.45, 2.75) is 13.0 Å². The summed E-state index contributed by atoms with van der Waals surface area (Å²) in [5.41, 5.74) is 1.71. The molecule has 1 unspecified atom stereocenters. The number of hydrogen-bond acceptors (Lipinski definition) is 2. The lowest BCUT2D eigenvalue weighted by molar-refractivity contribution is 0.0956. The van der Waals surface area contributed by atoms with E-state index < -0.39 is 0 Å². The molecule has 0 amide bonds.